The van der Waals surface area contributed by atoms with Crippen molar-refractivity contribution in [2.45, 2.75) is 19.3 Å². The summed E-state index contributed by atoms with van der Waals surface area (Å²) in [5.74, 6) is 0.508. The van der Waals surface area contributed by atoms with E-state index in [1.807, 2.05) is 4.90 Å². The molecule has 1 amide bonds. The zero-order valence-electron chi connectivity index (χ0n) is 10.4. The van der Waals surface area contributed by atoms with Crippen LogP contribution in [0.25, 0.3) is 0 Å². The van der Waals surface area contributed by atoms with Crippen molar-refractivity contribution < 1.29 is 9.21 Å². The van der Waals surface area contributed by atoms with Crippen LogP contribution in [0.3, 0.4) is 0 Å². The van der Waals surface area contributed by atoms with E-state index < -0.39 is 0 Å². The maximum atomic E-state index is 12.2. The lowest BCUT2D eigenvalue weighted by atomic mass is 9.79. The number of halogens is 1. The number of nitrogens with zero attached hydrogens (tertiary/aromatic N) is 1. The third kappa shape index (κ3) is 2.40. The van der Waals surface area contributed by atoms with Gasteiger partial charge < -0.3 is 14.6 Å². The van der Waals surface area contributed by atoms with Gasteiger partial charge in [-0.25, -0.2) is 0 Å². The summed E-state index contributed by atoms with van der Waals surface area (Å²) >= 11 is 0. The number of carbonyl (C=O) groups is 1. The van der Waals surface area contributed by atoms with Crippen molar-refractivity contribution in [3.8, 4) is 0 Å². The number of likely N-dealkylation sites (tertiary alicyclic amines) is 1. The Labute approximate surface area is 113 Å². The summed E-state index contributed by atoms with van der Waals surface area (Å²) in [7, 11) is 0. The van der Waals surface area contributed by atoms with Gasteiger partial charge in [0.05, 0.1) is 6.26 Å². The van der Waals surface area contributed by atoms with Crippen molar-refractivity contribution in [2.24, 2.45) is 5.41 Å². The average Bonchev–Trinajstić information content (AvgIpc) is 3.00. The molecule has 0 aliphatic carbocycles. The summed E-state index contributed by atoms with van der Waals surface area (Å²) in [6, 6.07) is 3.51. The third-order valence-corrected chi connectivity index (χ3v) is 4.01. The Bertz CT molecular complexity index is 399. The highest BCUT2D eigenvalue weighted by atomic mass is 35.5. The van der Waals surface area contributed by atoms with E-state index in [9.17, 15) is 4.79 Å². The van der Waals surface area contributed by atoms with Crippen LogP contribution >= 0.6 is 12.4 Å². The Kier molecular flexibility index (Phi) is 3.97. The molecule has 3 heterocycles. The van der Waals surface area contributed by atoms with E-state index in [0.717, 1.165) is 32.6 Å². The number of rotatable bonds is 1. The van der Waals surface area contributed by atoms with E-state index >= 15 is 0 Å². The highest BCUT2D eigenvalue weighted by Crippen LogP contribution is 2.35. The zero-order chi connectivity index (χ0) is 11.7. The van der Waals surface area contributed by atoms with Crippen LogP contribution in [0.1, 0.15) is 29.8 Å². The molecule has 1 unspecified atom stereocenters. The second-order valence-corrected chi connectivity index (χ2v) is 5.23. The number of hydrogen-bond acceptors (Lipinski definition) is 3. The van der Waals surface area contributed by atoms with Crippen molar-refractivity contribution in [3.05, 3.63) is 24.2 Å². The first-order valence-electron chi connectivity index (χ1n) is 6.33. The van der Waals surface area contributed by atoms with Gasteiger partial charge in [0.1, 0.15) is 0 Å². The number of amides is 1. The average molecular weight is 271 g/mol. The molecule has 18 heavy (non-hydrogen) atoms. The van der Waals surface area contributed by atoms with Crippen LogP contribution in [-0.4, -0.2) is 37.0 Å². The molecule has 100 valence electrons. The Morgan fingerprint density at radius 2 is 2.33 bits per heavy atom. The van der Waals surface area contributed by atoms with Crippen LogP contribution in [0.15, 0.2) is 22.8 Å². The van der Waals surface area contributed by atoms with Crippen LogP contribution in [0, 0.1) is 5.41 Å². The van der Waals surface area contributed by atoms with E-state index in [1.54, 1.807) is 18.4 Å². The van der Waals surface area contributed by atoms with E-state index in [-0.39, 0.29) is 18.3 Å². The topological polar surface area (TPSA) is 45.5 Å². The molecule has 2 aliphatic heterocycles. The number of nitrogens with one attached hydrogen (secondary N) is 1. The Hall–Kier alpha value is -1.00. The zero-order valence-corrected chi connectivity index (χ0v) is 11.2. The van der Waals surface area contributed by atoms with Gasteiger partial charge in [0.25, 0.3) is 5.91 Å². The molecule has 5 heteroatoms. The van der Waals surface area contributed by atoms with Crippen molar-refractivity contribution in [2.75, 3.05) is 26.2 Å². The fraction of sp³-hybridized carbons (Fsp3) is 0.615. The molecule has 1 N–H and O–H groups in total. The van der Waals surface area contributed by atoms with Crippen LogP contribution < -0.4 is 5.32 Å². The first-order valence-corrected chi connectivity index (χ1v) is 6.33. The standard InChI is InChI=1S/C13H18N2O2.ClH/c16-12(11-3-1-8-17-11)15-7-2-4-13(10-15)5-6-14-9-13;/h1,3,8,14H,2,4-7,9-10H2;1H. The quantitative estimate of drug-likeness (QED) is 0.848. The summed E-state index contributed by atoms with van der Waals surface area (Å²) in [4.78, 5) is 14.2. The Morgan fingerprint density at radius 3 is 3.00 bits per heavy atom. The SMILES string of the molecule is Cl.O=C(c1ccco1)N1CCCC2(CCNC2)C1. The molecule has 1 aromatic heterocycles. The van der Waals surface area contributed by atoms with Gasteiger partial charge in [-0.1, -0.05) is 0 Å². The minimum atomic E-state index is 0. The van der Waals surface area contributed by atoms with E-state index in [4.69, 9.17) is 4.42 Å². The maximum absolute atomic E-state index is 12.2. The number of furan rings is 1. The molecule has 2 aliphatic rings. The fourth-order valence-electron chi connectivity index (χ4n) is 3.08. The molecule has 0 radical (unpaired) electrons. The summed E-state index contributed by atoms with van der Waals surface area (Å²) in [5.41, 5.74) is 0.320. The molecular weight excluding hydrogens is 252 g/mol. The normalized spacial score (nSPS) is 27.2. The molecule has 0 aromatic carbocycles. The number of carbonyl (C=O) groups excluding carboxylic acids is 1. The second-order valence-electron chi connectivity index (χ2n) is 5.23. The van der Waals surface area contributed by atoms with Gasteiger partial charge in [-0.05, 0) is 37.9 Å². The molecule has 4 nitrogen and oxygen atoms in total. The van der Waals surface area contributed by atoms with Gasteiger partial charge in [0, 0.05) is 25.0 Å². The molecular formula is C13H19ClN2O2. The lowest BCUT2D eigenvalue weighted by molar-refractivity contribution is 0.0523. The van der Waals surface area contributed by atoms with Crippen molar-refractivity contribution in [1.82, 2.24) is 10.2 Å². The molecule has 2 saturated heterocycles. The molecule has 1 aromatic rings. The summed E-state index contributed by atoms with van der Waals surface area (Å²) in [6.07, 6.45) is 5.09. The van der Waals surface area contributed by atoms with Gasteiger partial charge in [0.2, 0.25) is 0 Å². The lowest BCUT2D eigenvalue weighted by Crippen LogP contribution is -2.47. The van der Waals surface area contributed by atoms with Crippen LogP contribution in [0.5, 0.6) is 0 Å². The fourth-order valence-corrected chi connectivity index (χ4v) is 3.08. The smallest absolute Gasteiger partial charge is 0.289 e. The van der Waals surface area contributed by atoms with Gasteiger partial charge in [-0.3, -0.25) is 4.79 Å². The van der Waals surface area contributed by atoms with Gasteiger partial charge in [-0.15, -0.1) is 12.4 Å². The first kappa shape index (κ1) is 13.4. The highest BCUT2D eigenvalue weighted by Gasteiger charge is 2.39. The second kappa shape index (κ2) is 5.33. The van der Waals surface area contributed by atoms with Gasteiger partial charge >= 0.3 is 0 Å². The van der Waals surface area contributed by atoms with Gasteiger partial charge in [0.15, 0.2) is 5.76 Å². The molecule has 0 bridgehead atoms. The Morgan fingerprint density at radius 1 is 1.44 bits per heavy atom. The van der Waals surface area contributed by atoms with Crippen molar-refractivity contribution in [3.63, 3.8) is 0 Å². The van der Waals surface area contributed by atoms with Crippen molar-refractivity contribution in [1.29, 1.82) is 0 Å². The Balaban J connectivity index is 0.00000120. The lowest BCUT2D eigenvalue weighted by Gasteiger charge is -2.39. The maximum Gasteiger partial charge on any atom is 0.289 e. The molecule has 2 fully saturated rings. The van der Waals surface area contributed by atoms with Crippen LogP contribution in [-0.2, 0) is 0 Å². The molecule has 3 rings (SSSR count). The minimum Gasteiger partial charge on any atom is -0.459 e. The summed E-state index contributed by atoms with van der Waals surface area (Å²) < 4.78 is 5.19. The highest BCUT2D eigenvalue weighted by molar-refractivity contribution is 5.91. The predicted octanol–water partition coefficient (Wildman–Crippen LogP) is 1.92. The third-order valence-electron chi connectivity index (χ3n) is 4.01. The predicted molar refractivity (Wildman–Crippen MR) is 71.0 cm³/mol. The minimum absolute atomic E-state index is 0. The number of piperidine rings is 1. The summed E-state index contributed by atoms with van der Waals surface area (Å²) in [6.45, 7) is 3.87. The van der Waals surface area contributed by atoms with Crippen molar-refractivity contribution >= 4 is 18.3 Å². The molecule has 1 atom stereocenters. The molecule has 0 saturated carbocycles. The number of hydrogen-bond donors (Lipinski definition) is 1. The van der Waals surface area contributed by atoms with Crippen LogP contribution in [0.2, 0.25) is 0 Å². The molecule has 1 spiro atoms. The first-order chi connectivity index (χ1) is 8.29. The van der Waals surface area contributed by atoms with Gasteiger partial charge in [-0.2, -0.15) is 0 Å². The largest absolute Gasteiger partial charge is 0.459 e. The van der Waals surface area contributed by atoms with E-state index in [1.165, 1.54) is 12.8 Å². The monoisotopic (exact) mass is 270 g/mol. The van der Waals surface area contributed by atoms with E-state index in [0.29, 0.717) is 11.2 Å². The van der Waals surface area contributed by atoms with E-state index in [2.05, 4.69) is 5.32 Å². The van der Waals surface area contributed by atoms with Crippen LogP contribution in [0.4, 0.5) is 0 Å². The summed E-state index contributed by atoms with van der Waals surface area (Å²) in [5, 5.41) is 3.42.